The number of rotatable bonds is 6. The maximum atomic E-state index is 12.7. The van der Waals surface area contributed by atoms with E-state index >= 15 is 0 Å². The zero-order valence-electron chi connectivity index (χ0n) is 16.9. The van der Waals surface area contributed by atoms with Crippen molar-refractivity contribution < 1.29 is 23.8 Å². The molecule has 0 aliphatic carbocycles. The quantitative estimate of drug-likeness (QED) is 0.301. The SMILES string of the molecule is CCOc1cc(OC(=O)c2ccccc2)c2ccccc2c1OC(=O)c1ccccc1. The lowest BCUT2D eigenvalue weighted by Crippen LogP contribution is -2.11. The second-order valence-corrected chi connectivity index (χ2v) is 6.69. The maximum Gasteiger partial charge on any atom is 0.343 e. The van der Waals surface area contributed by atoms with Gasteiger partial charge in [-0.1, -0.05) is 60.7 Å². The highest BCUT2D eigenvalue weighted by Gasteiger charge is 2.21. The normalized spacial score (nSPS) is 10.5. The van der Waals surface area contributed by atoms with Crippen molar-refractivity contribution in [3.8, 4) is 17.2 Å². The first-order valence-electron chi connectivity index (χ1n) is 9.90. The van der Waals surface area contributed by atoms with Gasteiger partial charge in [-0.25, -0.2) is 9.59 Å². The Morgan fingerprint density at radius 3 is 1.74 bits per heavy atom. The van der Waals surface area contributed by atoms with E-state index in [2.05, 4.69) is 0 Å². The zero-order chi connectivity index (χ0) is 21.6. The van der Waals surface area contributed by atoms with Crippen LogP contribution in [-0.2, 0) is 0 Å². The fourth-order valence-corrected chi connectivity index (χ4v) is 3.20. The summed E-state index contributed by atoms with van der Waals surface area (Å²) in [5, 5.41) is 1.24. The third-order valence-corrected chi connectivity index (χ3v) is 4.64. The van der Waals surface area contributed by atoms with Crippen LogP contribution in [0.3, 0.4) is 0 Å². The Morgan fingerprint density at radius 2 is 1.16 bits per heavy atom. The molecule has 0 bridgehead atoms. The van der Waals surface area contributed by atoms with E-state index in [9.17, 15) is 9.59 Å². The highest BCUT2D eigenvalue weighted by atomic mass is 16.6. The third-order valence-electron chi connectivity index (χ3n) is 4.64. The van der Waals surface area contributed by atoms with Gasteiger partial charge in [-0.2, -0.15) is 0 Å². The van der Waals surface area contributed by atoms with Crippen LogP contribution in [0, 0.1) is 0 Å². The highest BCUT2D eigenvalue weighted by Crippen LogP contribution is 2.42. The molecule has 0 saturated heterocycles. The molecule has 0 unspecified atom stereocenters. The van der Waals surface area contributed by atoms with Gasteiger partial charge in [-0.15, -0.1) is 0 Å². The van der Waals surface area contributed by atoms with E-state index in [1.54, 1.807) is 66.7 Å². The number of esters is 2. The smallest absolute Gasteiger partial charge is 0.343 e. The summed E-state index contributed by atoms with van der Waals surface area (Å²) in [6, 6.07) is 26.3. The monoisotopic (exact) mass is 412 g/mol. The van der Waals surface area contributed by atoms with E-state index in [0.29, 0.717) is 40.0 Å². The average Bonchev–Trinajstić information content (AvgIpc) is 2.82. The summed E-state index contributed by atoms with van der Waals surface area (Å²) in [4.78, 5) is 25.3. The number of fused-ring (bicyclic) bond motifs is 1. The number of hydrogen-bond acceptors (Lipinski definition) is 5. The fraction of sp³-hybridized carbons (Fsp3) is 0.0769. The van der Waals surface area contributed by atoms with Crippen molar-refractivity contribution in [2.45, 2.75) is 6.92 Å². The summed E-state index contributed by atoms with van der Waals surface area (Å²) in [5.41, 5.74) is 0.859. The van der Waals surface area contributed by atoms with Gasteiger partial charge in [0.25, 0.3) is 0 Å². The number of ether oxygens (including phenoxy) is 3. The highest BCUT2D eigenvalue weighted by molar-refractivity contribution is 6.01. The van der Waals surface area contributed by atoms with Crippen LogP contribution < -0.4 is 14.2 Å². The predicted octanol–water partition coefficient (Wildman–Crippen LogP) is 5.68. The van der Waals surface area contributed by atoms with Crippen LogP contribution in [-0.4, -0.2) is 18.5 Å². The van der Waals surface area contributed by atoms with Crippen molar-refractivity contribution in [3.05, 3.63) is 102 Å². The molecule has 0 atom stereocenters. The van der Waals surface area contributed by atoms with Crippen LogP contribution in [0.15, 0.2) is 91.0 Å². The zero-order valence-corrected chi connectivity index (χ0v) is 16.9. The molecule has 31 heavy (non-hydrogen) atoms. The Hall–Kier alpha value is -4.12. The minimum absolute atomic E-state index is 0.283. The Labute approximate surface area is 179 Å². The molecular weight excluding hydrogens is 392 g/mol. The van der Waals surface area contributed by atoms with E-state index < -0.39 is 11.9 Å². The molecule has 0 aliphatic heterocycles. The molecule has 0 spiro atoms. The van der Waals surface area contributed by atoms with Crippen LogP contribution in [0.1, 0.15) is 27.6 Å². The van der Waals surface area contributed by atoms with Gasteiger partial charge >= 0.3 is 11.9 Å². The second kappa shape index (κ2) is 9.13. The molecular formula is C26H20O5. The van der Waals surface area contributed by atoms with Crippen molar-refractivity contribution in [3.63, 3.8) is 0 Å². The molecule has 0 aliphatic rings. The molecule has 5 nitrogen and oxygen atoms in total. The standard InChI is InChI=1S/C26H20O5/c1-2-29-23-17-22(30-25(27)18-11-5-3-6-12-18)20-15-9-10-16-21(20)24(23)31-26(28)19-13-7-4-8-14-19/h3-17H,2H2,1H3. The topological polar surface area (TPSA) is 61.8 Å². The summed E-state index contributed by atoms with van der Waals surface area (Å²) in [7, 11) is 0. The third kappa shape index (κ3) is 4.41. The van der Waals surface area contributed by atoms with Crippen molar-refractivity contribution in [2.75, 3.05) is 6.61 Å². The van der Waals surface area contributed by atoms with Gasteiger partial charge in [0.15, 0.2) is 11.5 Å². The molecule has 0 radical (unpaired) electrons. The van der Waals surface area contributed by atoms with Gasteiger partial charge in [0, 0.05) is 16.8 Å². The minimum atomic E-state index is -0.499. The number of carbonyl (C=O) groups is 2. The second-order valence-electron chi connectivity index (χ2n) is 6.69. The number of hydrogen-bond donors (Lipinski definition) is 0. The summed E-state index contributed by atoms with van der Waals surface area (Å²) < 4.78 is 17.2. The van der Waals surface area contributed by atoms with Gasteiger partial charge in [-0.05, 0) is 31.2 Å². The van der Waals surface area contributed by atoms with Gasteiger partial charge in [0.1, 0.15) is 5.75 Å². The molecule has 0 fully saturated rings. The molecule has 0 aromatic heterocycles. The largest absolute Gasteiger partial charge is 0.490 e. The van der Waals surface area contributed by atoms with Crippen molar-refractivity contribution in [1.82, 2.24) is 0 Å². The Balaban J connectivity index is 1.77. The molecule has 5 heteroatoms. The molecule has 4 aromatic carbocycles. The molecule has 0 N–H and O–H groups in total. The first-order chi connectivity index (χ1) is 15.2. The summed E-state index contributed by atoms with van der Waals surface area (Å²) >= 11 is 0. The minimum Gasteiger partial charge on any atom is -0.490 e. The molecule has 0 saturated carbocycles. The van der Waals surface area contributed by atoms with Crippen molar-refractivity contribution >= 4 is 22.7 Å². The summed E-state index contributed by atoms with van der Waals surface area (Å²) in [5.74, 6) is -0.0532. The van der Waals surface area contributed by atoms with E-state index in [1.807, 2.05) is 31.2 Å². The molecule has 0 amide bonds. The van der Waals surface area contributed by atoms with Crippen LogP contribution >= 0.6 is 0 Å². The fourth-order valence-electron chi connectivity index (χ4n) is 3.20. The molecule has 4 rings (SSSR count). The van der Waals surface area contributed by atoms with Gasteiger partial charge in [0.05, 0.1) is 17.7 Å². The van der Waals surface area contributed by atoms with E-state index in [-0.39, 0.29) is 5.75 Å². The lowest BCUT2D eigenvalue weighted by atomic mass is 10.1. The number of benzene rings is 4. The lowest BCUT2D eigenvalue weighted by Gasteiger charge is -2.16. The predicted molar refractivity (Wildman–Crippen MR) is 118 cm³/mol. The van der Waals surface area contributed by atoms with Gasteiger partial charge in [0.2, 0.25) is 0 Å². The Kier molecular flexibility index (Phi) is 5.94. The van der Waals surface area contributed by atoms with Crippen molar-refractivity contribution in [2.24, 2.45) is 0 Å². The number of carbonyl (C=O) groups excluding carboxylic acids is 2. The van der Waals surface area contributed by atoms with E-state index in [1.165, 1.54) is 0 Å². The Morgan fingerprint density at radius 1 is 0.645 bits per heavy atom. The van der Waals surface area contributed by atoms with Gasteiger partial charge in [-0.3, -0.25) is 0 Å². The van der Waals surface area contributed by atoms with E-state index in [4.69, 9.17) is 14.2 Å². The average molecular weight is 412 g/mol. The van der Waals surface area contributed by atoms with Crippen LogP contribution in [0.2, 0.25) is 0 Å². The summed E-state index contributed by atoms with van der Waals surface area (Å²) in [6.45, 7) is 2.17. The Bertz CT molecular complexity index is 1220. The van der Waals surface area contributed by atoms with Crippen LogP contribution in [0.5, 0.6) is 17.2 Å². The maximum absolute atomic E-state index is 12.7. The molecule has 4 aromatic rings. The van der Waals surface area contributed by atoms with Crippen LogP contribution in [0.25, 0.3) is 10.8 Å². The molecule has 154 valence electrons. The van der Waals surface area contributed by atoms with E-state index in [0.717, 1.165) is 0 Å². The van der Waals surface area contributed by atoms with Gasteiger partial charge < -0.3 is 14.2 Å². The summed E-state index contributed by atoms with van der Waals surface area (Å²) in [6.07, 6.45) is 0. The molecule has 0 heterocycles. The van der Waals surface area contributed by atoms with Crippen molar-refractivity contribution in [1.29, 1.82) is 0 Å². The first kappa shape index (κ1) is 20.2. The lowest BCUT2D eigenvalue weighted by molar-refractivity contribution is 0.0718. The van der Waals surface area contributed by atoms with Crippen LogP contribution in [0.4, 0.5) is 0 Å². The first-order valence-corrected chi connectivity index (χ1v) is 9.90.